The highest BCUT2D eigenvalue weighted by Crippen LogP contribution is 2.43. The Kier molecular flexibility index (Phi) is 32.5. The van der Waals surface area contributed by atoms with Gasteiger partial charge in [-0.3, -0.25) is 18.7 Å². The Balaban J connectivity index is 2.18. The van der Waals surface area contributed by atoms with E-state index in [4.69, 9.17) is 66.7 Å². The molecule has 2 aromatic carbocycles. The third-order valence-corrected chi connectivity index (χ3v) is 9.84. The number of carboxylic acids is 1. The lowest BCUT2D eigenvalue weighted by molar-refractivity contribution is -0.138. The largest absolute Gasteiger partial charge is 0.492 e. The molecule has 0 aliphatic heterocycles. The summed E-state index contributed by atoms with van der Waals surface area (Å²) in [6.07, 6.45) is -0.563. The molecule has 0 aliphatic carbocycles. The molecule has 0 bridgehead atoms. The highest BCUT2D eigenvalue weighted by molar-refractivity contribution is 7.51. The molecule has 0 aliphatic rings. The molecule has 0 aromatic heterocycles. The maximum absolute atomic E-state index is 13.6. The van der Waals surface area contributed by atoms with E-state index in [-0.39, 0.29) is 125 Å². The van der Waals surface area contributed by atoms with E-state index in [1.807, 2.05) is 6.92 Å². The number of carboxylic acid groups (broad SMARTS) is 1. The Hall–Kier alpha value is -3.48. The number of carbonyl (C=O) groups is 2. The van der Waals surface area contributed by atoms with Gasteiger partial charge in [0.1, 0.15) is 32.2 Å². The molecule has 0 saturated heterocycles. The number of carbonyl (C=O) groups excluding carboxylic acids is 1. The first kappa shape index (κ1) is 59.6. The van der Waals surface area contributed by atoms with Gasteiger partial charge in [-0.25, -0.2) is 0 Å². The number of hydrogen-bond acceptors (Lipinski definition) is 17. The molecule has 25 heteroatoms. The minimum atomic E-state index is -4.52. The van der Waals surface area contributed by atoms with E-state index in [1.165, 1.54) is 30.3 Å². The van der Waals surface area contributed by atoms with Crippen LogP contribution in [-0.2, 0) is 68.9 Å². The summed E-state index contributed by atoms with van der Waals surface area (Å²) < 4.78 is 96.3. The van der Waals surface area contributed by atoms with Gasteiger partial charge < -0.3 is 91.6 Å². The van der Waals surface area contributed by atoms with Gasteiger partial charge in [-0.2, -0.15) is 0 Å². The molecule has 23 nitrogen and oxygen atoms in total. The van der Waals surface area contributed by atoms with Crippen LogP contribution in [0.4, 0.5) is 0 Å². The molecule has 2 aromatic rings. The lowest BCUT2D eigenvalue weighted by atomic mass is 10.1. The predicted octanol–water partition coefficient (Wildman–Crippen LogP) is 2.65. The number of nitrogens with one attached hydrogen (secondary N) is 1. The smallest absolute Gasteiger partial charge is 0.329 e. The molecule has 0 saturated carbocycles. The van der Waals surface area contributed by atoms with E-state index in [0.717, 1.165) is 6.42 Å². The summed E-state index contributed by atoms with van der Waals surface area (Å²) in [6, 6.07) is 6.89. The summed E-state index contributed by atoms with van der Waals surface area (Å²) in [5.74, 6) is -1.00. The molecule has 67 heavy (non-hydrogen) atoms. The second-order valence-corrected chi connectivity index (χ2v) is 17.4. The molecule has 0 spiro atoms. The van der Waals surface area contributed by atoms with E-state index in [1.54, 1.807) is 7.11 Å². The van der Waals surface area contributed by atoms with Crippen molar-refractivity contribution < 1.29 is 105 Å². The van der Waals surface area contributed by atoms with E-state index >= 15 is 0 Å². The molecular formula is C42H69NO22P2. The zero-order valence-electron chi connectivity index (χ0n) is 38.3. The van der Waals surface area contributed by atoms with Crippen LogP contribution in [-0.4, -0.2) is 189 Å². The Morgan fingerprint density at radius 3 is 1.33 bits per heavy atom. The molecule has 6 N–H and O–H groups in total. The molecule has 0 heterocycles. The van der Waals surface area contributed by atoms with Crippen LogP contribution in [0.2, 0.25) is 0 Å². The maximum atomic E-state index is 13.6. The van der Waals surface area contributed by atoms with Gasteiger partial charge in [-0.1, -0.05) is 13.0 Å². The van der Waals surface area contributed by atoms with Crippen molar-refractivity contribution in [3.05, 3.63) is 47.0 Å². The number of ether oxygens (including phenoxy) is 13. The van der Waals surface area contributed by atoms with E-state index in [9.17, 15) is 38.3 Å². The number of amides is 1. The second kappa shape index (κ2) is 36.5. The van der Waals surface area contributed by atoms with Gasteiger partial charge in [0.15, 0.2) is 11.5 Å². The van der Waals surface area contributed by atoms with Crippen LogP contribution in [0, 0.1) is 0 Å². The monoisotopic (exact) mass is 1000 g/mol. The first-order chi connectivity index (χ1) is 32.2. The molecule has 384 valence electrons. The number of hydrogen-bond donors (Lipinski definition) is 6. The highest BCUT2D eigenvalue weighted by Gasteiger charge is 2.21. The lowest BCUT2D eigenvalue weighted by Crippen LogP contribution is -2.28. The average molecular weight is 1000 g/mol. The zero-order chi connectivity index (χ0) is 49.0. The van der Waals surface area contributed by atoms with E-state index < -0.39 is 39.4 Å². The normalized spacial score (nSPS) is 11.7. The summed E-state index contributed by atoms with van der Waals surface area (Å²) in [5, 5.41) is 11.5. The quantitative estimate of drug-likeness (QED) is 0.0411. The molecule has 2 rings (SSSR count). The summed E-state index contributed by atoms with van der Waals surface area (Å²) >= 11 is 0. The fourth-order valence-corrected chi connectivity index (χ4v) is 6.76. The van der Waals surface area contributed by atoms with Crippen molar-refractivity contribution in [2.45, 2.75) is 32.1 Å². The Morgan fingerprint density at radius 2 is 0.910 bits per heavy atom. The number of aliphatic carboxylic acids is 1. The summed E-state index contributed by atoms with van der Waals surface area (Å²) in [6.45, 7) is 7.32. The Morgan fingerprint density at radius 1 is 0.507 bits per heavy atom. The standard InChI is InChI=1S/C42H69NO22P2/c1-3-6-54-11-13-57-17-19-59-21-24-63-38-30-36(42(46)43-5-8-62-37-28-34(32-66(47,48)49)27-35(29-37)33-67(50,51)52)31-39(41(38)65-26-23-61-14-12-55-7-4-40(44)45)64-25-22-60-20-18-58-16-15-56-10-9-53-2/h27-31H,3-26,32-33H2,1-2H3,(H,43,46)(H,44,45)(H2,47,48,49)(H2,50,51,52). The van der Waals surface area contributed by atoms with Crippen LogP contribution in [0.1, 0.15) is 41.3 Å². The van der Waals surface area contributed by atoms with Gasteiger partial charge in [-0.05, 0) is 41.8 Å². The lowest BCUT2D eigenvalue weighted by Gasteiger charge is -2.19. The third kappa shape index (κ3) is 32.1. The summed E-state index contributed by atoms with van der Waals surface area (Å²) in [5.41, 5.74) is 0.333. The van der Waals surface area contributed by atoms with Crippen LogP contribution in [0.25, 0.3) is 0 Å². The van der Waals surface area contributed by atoms with Crippen LogP contribution < -0.4 is 24.3 Å². The second-order valence-electron chi connectivity index (χ2n) is 14.1. The zero-order valence-corrected chi connectivity index (χ0v) is 40.1. The first-order valence-corrected chi connectivity index (χ1v) is 25.3. The van der Waals surface area contributed by atoms with Crippen LogP contribution in [0.3, 0.4) is 0 Å². The minimum absolute atomic E-state index is 0.0226. The van der Waals surface area contributed by atoms with Crippen molar-refractivity contribution >= 4 is 27.1 Å². The van der Waals surface area contributed by atoms with Gasteiger partial charge in [0.05, 0.1) is 131 Å². The molecular weight excluding hydrogens is 932 g/mol. The number of benzene rings is 2. The molecule has 0 atom stereocenters. The third-order valence-electron chi connectivity index (χ3n) is 8.29. The van der Waals surface area contributed by atoms with Crippen molar-refractivity contribution in [2.24, 2.45) is 0 Å². The molecule has 0 fully saturated rings. The summed E-state index contributed by atoms with van der Waals surface area (Å²) in [7, 11) is -7.46. The van der Waals surface area contributed by atoms with Gasteiger partial charge >= 0.3 is 21.2 Å². The topological polar surface area (TPSA) is 301 Å². The molecule has 0 unspecified atom stereocenters. The van der Waals surface area contributed by atoms with Crippen LogP contribution >= 0.6 is 15.2 Å². The average Bonchev–Trinajstić information content (AvgIpc) is 3.25. The Labute approximate surface area is 391 Å². The maximum Gasteiger partial charge on any atom is 0.329 e. The van der Waals surface area contributed by atoms with Crippen molar-refractivity contribution in [1.82, 2.24) is 5.32 Å². The van der Waals surface area contributed by atoms with Crippen LogP contribution in [0.5, 0.6) is 23.0 Å². The van der Waals surface area contributed by atoms with Gasteiger partial charge in [0, 0.05) is 19.3 Å². The van der Waals surface area contributed by atoms with Gasteiger partial charge in [-0.15, -0.1) is 0 Å². The molecule has 1 amide bonds. The minimum Gasteiger partial charge on any atom is -0.492 e. The summed E-state index contributed by atoms with van der Waals surface area (Å²) in [4.78, 5) is 62.3. The van der Waals surface area contributed by atoms with Crippen molar-refractivity contribution in [1.29, 1.82) is 0 Å². The predicted molar refractivity (Wildman–Crippen MR) is 240 cm³/mol. The van der Waals surface area contributed by atoms with E-state index in [0.29, 0.717) is 66.1 Å². The number of rotatable bonds is 44. The van der Waals surface area contributed by atoms with Crippen molar-refractivity contribution in [3.63, 3.8) is 0 Å². The SMILES string of the molecule is CCCOCCOCCOCCOc1cc(C(=O)NCCOc2cc(CP(=O)(O)O)cc(CP(=O)(O)O)c2)cc(OCCOCCOCCOCCOC)c1OCCOCCOCCC(=O)O. The van der Waals surface area contributed by atoms with Gasteiger partial charge in [0.25, 0.3) is 5.91 Å². The Bertz CT molecular complexity index is 1700. The van der Waals surface area contributed by atoms with Crippen LogP contribution in [0.15, 0.2) is 30.3 Å². The fourth-order valence-electron chi connectivity index (χ4n) is 5.45. The van der Waals surface area contributed by atoms with Crippen molar-refractivity contribution in [3.8, 4) is 23.0 Å². The van der Waals surface area contributed by atoms with Gasteiger partial charge in [0.2, 0.25) is 5.75 Å². The first-order valence-electron chi connectivity index (χ1n) is 21.7. The van der Waals surface area contributed by atoms with E-state index in [2.05, 4.69) is 5.32 Å². The fraction of sp³-hybridized carbons (Fsp3) is 0.667. The number of methoxy groups -OCH3 is 1. The van der Waals surface area contributed by atoms with Crippen molar-refractivity contribution in [2.75, 3.05) is 152 Å². The highest BCUT2D eigenvalue weighted by atomic mass is 31.2. The molecule has 0 radical (unpaired) electrons.